The van der Waals surface area contributed by atoms with Crippen molar-refractivity contribution < 1.29 is 0 Å². The molecule has 12 heavy (non-hydrogen) atoms. The van der Waals surface area contributed by atoms with Gasteiger partial charge in [-0.3, -0.25) is 0 Å². The number of hydrogen-bond acceptors (Lipinski definition) is 0. The molecule has 1 nitrogen and oxygen atoms in total. The molecule has 2 rings (SSSR count). The van der Waals surface area contributed by atoms with Crippen LogP contribution in [0.5, 0.6) is 0 Å². The normalized spacial score (nSPS) is 10.9. The maximum Gasteiger partial charge on any atom is 0.0624 e. The van der Waals surface area contributed by atoms with E-state index in [2.05, 4.69) is 58.9 Å². The van der Waals surface area contributed by atoms with E-state index in [-0.39, 0.29) is 0 Å². The summed E-state index contributed by atoms with van der Waals surface area (Å²) in [5.41, 5.74) is 2.60. The molecule has 0 aliphatic rings. The smallest absolute Gasteiger partial charge is 0.0624 e. The van der Waals surface area contributed by atoms with Crippen molar-refractivity contribution in [3.63, 3.8) is 0 Å². The van der Waals surface area contributed by atoms with Crippen molar-refractivity contribution in [2.75, 3.05) is 0 Å². The largest absolute Gasteiger partial charge is 0.349 e. The zero-order chi connectivity index (χ0) is 8.72. The Bertz CT molecular complexity index is 429. The van der Waals surface area contributed by atoms with Crippen molar-refractivity contribution in [2.24, 2.45) is 7.05 Å². The minimum Gasteiger partial charge on any atom is -0.349 e. The van der Waals surface area contributed by atoms with Gasteiger partial charge in [-0.25, -0.2) is 0 Å². The standard InChI is InChI=1S/C10H10BrN/c1-7-6-12(2)10-8(7)4-3-5-9(10)11/h3-6H,1-2H3. The summed E-state index contributed by atoms with van der Waals surface area (Å²) in [6.07, 6.45) is 2.15. The van der Waals surface area contributed by atoms with Crippen LogP contribution in [0.15, 0.2) is 28.9 Å². The summed E-state index contributed by atoms with van der Waals surface area (Å²) in [5, 5.41) is 1.33. The molecular weight excluding hydrogens is 214 g/mol. The third-order valence-corrected chi connectivity index (χ3v) is 2.79. The Kier molecular flexibility index (Phi) is 1.72. The van der Waals surface area contributed by atoms with Crippen molar-refractivity contribution in [3.8, 4) is 0 Å². The van der Waals surface area contributed by atoms with Crippen LogP contribution in [0, 0.1) is 6.92 Å². The van der Waals surface area contributed by atoms with Gasteiger partial charge in [-0.1, -0.05) is 12.1 Å². The van der Waals surface area contributed by atoms with Gasteiger partial charge in [0.2, 0.25) is 0 Å². The van der Waals surface area contributed by atoms with E-state index in [9.17, 15) is 0 Å². The summed E-state index contributed by atoms with van der Waals surface area (Å²) < 4.78 is 3.31. The number of fused-ring (bicyclic) bond motifs is 1. The van der Waals surface area contributed by atoms with Gasteiger partial charge >= 0.3 is 0 Å². The van der Waals surface area contributed by atoms with E-state index in [0.29, 0.717) is 0 Å². The molecule has 0 saturated carbocycles. The van der Waals surface area contributed by atoms with Crippen LogP contribution in [-0.4, -0.2) is 4.57 Å². The molecule has 0 aliphatic carbocycles. The Labute approximate surface area is 80.1 Å². The third-order valence-electron chi connectivity index (χ3n) is 2.15. The molecule has 0 atom stereocenters. The first-order chi connectivity index (χ1) is 5.70. The van der Waals surface area contributed by atoms with E-state index in [0.717, 1.165) is 4.47 Å². The molecule has 0 N–H and O–H groups in total. The van der Waals surface area contributed by atoms with Crippen LogP contribution in [0.2, 0.25) is 0 Å². The molecule has 2 aromatic rings. The lowest BCUT2D eigenvalue weighted by molar-refractivity contribution is 0.962. The SMILES string of the molecule is Cc1cn(C)c2c(Br)cccc12. The van der Waals surface area contributed by atoms with Gasteiger partial charge in [0.15, 0.2) is 0 Å². The van der Waals surface area contributed by atoms with Crippen LogP contribution in [0.4, 0.5) is 0 Å². The number of hydrogen-bond donors (Lipinski definition) is 0. The monoisotopic (exact) mass is 223 g/mol. The van der Waals surface area contributed by atoms with Gasteiger partial charge in [0.25, 0.3) is 0 Å². The minimum atomic E-state index is 1.16. The number of aromatic nitrogens is 1. The first-order valence-corrected chi connectivity index (χ1v) is 4.69. The van der Waals surface area contributed by atoms with E-state index in [1.165, 1.54) is 16.5 Å². The van der Waals surface area contributed by atoms with Crippen LogP contribution >= 0.6 is 15.9 Å². The molecule has 0 unspecified atom stereocenters. The zero-order valence-electron chi connectivity index (χ0n) is 7.13. The third kappa shape index (κ3) is 0.985. The Morgan fingerprint density at radius 2 is 2.08 bits per heavy atom. The van der Waals surface area contributed by atoms with Crippen molar-refractivity contribution in [2.45, 2.75) is 6.92 Å². The zero-order valence-corrected chi connectivity index (χ0v) is 8.72. The quantitative estimate of drug-likeness (QED) is 0.647. The highest BCUT2D eigenvalue weighted by atomic mass is 79.9. The van der Waals surface area contributed by atoms with Gasteiger partial charge in [-0.05, 0) is 34.5 Å². The second-order valence-electron chi connectivity index (χ2n) is 3.06. The van der Waals surface area contributed by atoms with Crippen LogP contribution in [0.3, 0.4) is 0 Å². The summed E-state index contributed by atoms with van der Waals surface area (Å²) in [7, 11) is 2.07. The fourth-order valence-corrected chi connectivity index (χ4v) is 2.26. The summed E-state index contributed by atoms with van der Waals surface area (Å²) in [6.45, 7) is 2.13. The lowest BCUT2D eigenvalue weighted by Crippen LogP contribution is -1.83. The van der Waals surface area contributed by atoms with Crippen LogP contribution in [0.1, 0.15) is 5.56 Å². The topological polar surface area (TPSA) is 4.93 Å². The molecule has 1 aromatic carbocycles. The van der Waals surface area contributed by atoms with E-state index in [1.807, 2.05) is 0 Å². The minimum absolute atomic E-state index is 1.16. The highest BCUT2D eigenvalue weighted by Crippen LogP contribution is 2.26. The number of nitrogens with zero attached hydrogens (tertiary/aromatic N) is 1. The summed E-state index contributed by atoms with van der Waals surface area (Å²) in [5.74, 6) is 0. The van der Waals surface area contributed by atoms with Gasteiger partial charge in [-0.2, -0.15) is 0 Å². The van der Waals surface area contributed by atoms with Crippen molar-refractivity contribution in [3.05, 3.63) is 34.4 Å². The van der Waals surface area contributed by atoms with Gasteiger partial charge in [0.1, 0.15) is 0 Å². The fourth-order valence-electron chi connectivity index (χ4n) is 1.62. The Hall–Kier alpha value is -0.760. The van der Waals surface area contributed by atoms with E-state index in [1.54, 1.807) is 0 Å². The van der Waals surface area contributed by atoms with Crippen molar-refractivity contribution in [1.82, 2.24) is 4.57 Å². The number of benzene rings is 1. The Balaban J connectivity index is 2.99. The second kappa shape index (κ2) is 2.63. The molecule has 0 spiro atoms. The maximum atomic E-state index is 3.54. The lowest BCUT2D eigenvalue weighted by Gasteiger charge is -1.97. The van der Waals surface area contributed by atoms with Crippen LogP contribution in [0.25, 0.3) is 10.9 Å². The van der Waals surface area contributed by atoms with E-state index < -0.39 is 0 Å². The fraction of sp³-hybridized carbons (Fsp3) is 0.200. The van der Waals surface area contributed by atoms with Crippen molar-refractivity contribution in [1.29, 1.82) is 0 Å². The highest BCUT2D eigenvalue weighted by Gasteiger charge is 2.04. The molecule has 0 saturated heterocycles. The van der Waals surface area contributed by atoms with Crippen LogP contribution < -0.4 is 0 Å². The number of para-hydroxylation sites is 1. The van der Waals surface area contributed by atoms with Gasteiger partial charge in [-0.15, -0.1) is 0 Å². The van der Waals surface area contributed by atoms with E-state index >= 15 is 0 Å². The number of rotatable bonds is 0. The first-order valence-electron chi connectivity index (χ1n) is 3.90. The Morgan fingerprint density at radius 3 is 2.75 bits per heavy atom. The van der Waals surface area contributed by atoms with Gasteiger partial charge in [0.05, 0.1) is 5.52 Å². The molecule has 0 fully saturated rings. The summed E-state index contributed by atoms with van der Waals surface area (Å²) in [4.78, 5) is 0. The molecule has 0 radical (unpaired) electrons. The average Bonchev–Trinajstić information content (AvgIpc) is 2.29. The maximum absolute atomic E-state index is 3.54. The summed E-state index contributed by atoms with van der Waals surface area (Å²) in [6, 6.07) is 6.29. The van der Waals surface area contributed by atoms with Gasteiger partial charge in [0, 0.05) is 23.1 Å². The highest BCUT2D eigenvalue weighted by molar-refractivity contribution is 9.10. The molecule has 2 heteroatoms. The molecule has 0 bridgehead atoms. The second-order valence-corrected chi connectivity index (χ2v) is 3.91. The number of halogens is 1. The molecule has 0 aliphatic heterocycles. The first kappa shape index (κ1) is 7.87. The van der Waals surface area contributed by atoms with Crippen LogP contribution in [-0.2, 0) is 7.05 Å². The predicted octanol–water partition coefficient (Wildman–Crippen LogP) is 3.25. The predicted molar refractivity (Wildman–Crippen MR) is 55.4 cm³/mol. The average molecular weight is 224 g/mol. The molecule has 1 heterocycles. The lowest BCUT2D eigenvalue weighted by atomic mass is 10.2. The van der Waals surface area contributed by atoms with Crippen molar-refractivity contribution >= 4 is 26.8 Å². The van der Waals surface area contributed by atoms with E-state index in [4.69, 9.17) is 0 Å². The summed E-state index contributed by atoms with van der Waals surface area (Å²) >= 11 is 3.54. The molecule has 0 amide bonds. The number of aryl methyl sites for hydroxylation is 2. The molecule has 1 aromatic heterocycles. The molecule has 62 valence electrons. The van der Waals surface area contributed by atoms with Gasteiger partial charge < -0.3 is 4.57 Å². The molecular formula is C10H10BrN. The Morgan fingerprint density at radius 1 is 1.33 bits per heavy atom.